The van der Waals surface area contributed by atoms with E-state index in [4.69, 9.17) is 4.74 Å². The van der Waals surface area contributed by atoms with Crippen LogP contribution in [-0.4, -0.2) is 30.7 Å². The van der Waals surface area contributed by atoms with Crippen LogP contribution in [0.25, 0.3) is 27.7 Å². The smallest absolute Gasteiger partial charge is 0.337 e. The van der Waals surface area contributed by atoms with E-state index in [0.29, 0.717) is 11.5 Å². The monoisotopic (exact) mass is 532 g/mol. The summed E-state index contributed by atoms with van der Waals surface area (Å²) in [5.74, 6) is -0.260. The van der Waals surface area contributed by atoms with E-state index in [1.165, 1.54) is 47.0 Å². The number of ether oxygens (including phenoxy) is 1. The van der Waals surface area contributed by atoms with Gasteiger partial charge in [-0.1, -0.05) is 54.6 Å². The van der Waals surface area contributed by atoms with Crippen LogP contribution in [0.2, 0.25) is 0 Å². The zero-order valence-corrected chi connectivity index (χ0v) is 22.7. The summed E-state index contributed by atoms with van der Waals surface area (Å²) in [5, 5.41) is 4.73. The largest absolute Gasteiger partial charge is 0.465 e. The third-order valence-electron chi connectivity index (χ3n) is 8.05. The van der Waals surface area contributed by atoms with Crippen LogP contribution in [0, 0.1) is 5.82 Å². The van der Waals surface area contributed by atoms with Gasteiger partial charge in [0.2, 0.25) is 0 Å². The molecule has 0 spiro atoms. The summed E-state index contributed by atoms with van der Waals surface area (Å²) < 4.78 is 21.3. The molecule has 6 rings (SSSR count). The number of fused-ring (bicyclic) bond motifs is 1. The zero-order valence-electron chi connectivity index (χ0n) is 22.7. The Bertz CT molecular complexity index is 1620. The summed E-state index contributed by atoms with van der Waals surface area (Å²) in [6, 6.07) is 31.7. The minimum Gasteiger partial charge on any atom is -0.465 e. The van der Waals surface area contributed by atoms with Gasteiger partial charge in [0.15, 0.2) is 0 Å². The van der Waals surface area contributed by atoms with Crippen molar-refractivity contribution in [1.29, 1.82) is 0 Å². The SMILES string of the molecule is COC(=O)c1ccc(-c2c(C3CCNCC3)n(-c3ccc(F)cc3)c3cccc(CCc4ccccc4)c23)cc1. The second kappa shape index (κ2) is 11.5. The third-order valence-corrected chi connectivity index (χ3v) is 8.05. The molecule has 5 aromatic rings. The normalized spacial score (nSPS) is 13.9. The number of aromatic nitrogens is 1. The van der Waals surface area contributed by atoms with Gasteiger partial charge < -0.3 is 14.6 Å². The minimum atomic E-state index is -0.345. The van der Waals surface area contributed by atoms with Gasteiger partial charge in [-0.25, -0.2) is 9.18 Å². The molecule has 1 aliphatic heterocycles. The highest BCUT2D eigenvalue weighted by atomic mass is 19.1. The molecule has 202 valence electrons. The lowest BCUT2D eigenvalue weighted by Gasteiger charge is -2.26. The fraction of sp³-hybridized carbons (Fsp3) is 0.229. The Morgan fingerprint density at radius 1 is 0.875 bits per heavy atom. The molecule has 0 saturated carbocycles. The quantitative estimate of drug-likeness (QED) is 0.221. The van der Waals surface area contributed by atoms with Gasteiger partial charge in [-0.2, -0.15) is 0 Å². The molecule has 0 amide bonds. The molecular weight excluding hydrogens is 499 g/mol. The van der Waals surface area contributed by atoms with Gasteiger partial charge >= 0.3 is 5.97 Å². The van der Waals surface area contributed by atoms with Crippen molar-refractivity contribution in [3.8, 4) is 16.8 Å². The van der Waals surface area contributed by atoms with Gasteiger partial charge in [-0.15, -0.1) is 0 Å². The molecule has 1 saturated heterocycles. The molecule has 4 aromatic carbocycles. The molecule has 2 heterocycles. The summed E-state index contributed by atoms with van der Waals surface area (Å²) >= 11 is 0. The standard InChI is InChI=1S/C35H33FN2O2/c1-40-35(39)28-14-12-26(13-15-28)33-32-25(11-10-24-6-3-2-4-7-24)8-5-9-31(32)38(30-18-16-29(36)17-19-30)34(33)27-20-22-37-23-21-27/h2-9,12-19,27,37H,10-11,20-23H2,1H3. The number of esters is 1. The summed E-state index contributed by atoms with van der Waals surface area (Å²) in [6.07, 6.45) is 3.87. The molecule has 0 atom stereocenters. The molecule has 1 aromatic heterocycles. The average molecular weight is 533 g/mol. The number of carbonyl (C=O) groups is 1. The molecule has 1 fully saturated rings. The van der Waals surface area contributed by atoms with E-state index in [2.05, 4.69) is 58.4 Å². The number of carbonyl (C=O) groups excluding carboxylic acids is 1. The highest BCUT2D eigenvalue weighted by molar-refractivity contribution is 6.02. The topological polar surface area (TPSA) is 43.3 Å². The first kappa shape index (κ1) is 26.0. The van der Waals surface area contributed by atoms with Crippen LogP contribution in [0.15, 0.2) is 97.1 Å². The van der Waals surface area contributed by atoms with Gasteiger partial charge in [-0.3, -0.25) is 0 Å². The Hall–Kier alpha value is -4.22. The number of nitrogens with one attached hydrogen (secondary N) is 1. The number of hydrogen-bond acceptors (Lipinski definition) is 3. The maximum atomic E-state index is 14.0. The van der Waals surface area contributed by atoms with Gasteiger partial charge in [0.25, 0.3) is 0 Å². The number of benzene rings is 4. The lowest BCUT2D eigenvalue weighted by molar-refractivity contribution is 0.0600. The van der Waals surface area contributed by atoms with E-state index >= 15 is 0 Å². The first-order valence-electron chi connectivity index (χ1n) is 14.0. The van der Waals surface area contributed by atoms with E-state index in [1.807, 2.05) is 36.4 Å². The number of halogens is 1. The highest BCUT2D eigenvalue weighted by Gasteiger charge is 2.28. The van der Waals surface area contributed by atoms with Crippen LogP contribution in [-0.2, 0) is 17.6 Å². The molecule has 0 unspecified atom stereocenters. The number of rotatable bonds is 7. The highest BCUT2D eigenvalue weighted by Crippen LogP contribution is 2.44. The number of methoxy groups -OCH3 is 1. The van der Waals surface area contributed by atoms with Crippen molar-refractivity contribution in [2.75, 3.05) is 20.2 Å². The van der Waals surface area contributed by atoms with Crippen LogP contribution in [0.1, 0.15) is 45.9 Å². The second-order valence-electron chi connectivity index (χ2n) is 10.5. The lowest BCUT2D eigenvalue weighted by Crippen LogP contribution is -2.27. The Kier molecular flexibility index (Phi) is 7.47. The van der Waals surface area contributed by atoms with E-state index < -0.39 is 0 Å². The van der Waals surface area contributed by atoms with Crippen LogP contribution < -0.4 is 5.32 Å². The average Bonchev–Trinajstić information content (AvgIpc) is 3.37. The Morgan fingerprint density at radius 3 is 2.30 bits per heavy atom. The summed E-state index contributed by atoms with van der Waals surface area (Å²) in [4.78, 5) is 12.2. The first-order valence-corrected chi connectivity index (χ1v) is 14.0. The van der Waals surface area contributed by atoms with Crippen LogP contribution in [0.3, 0.4) is 0 Å². The van der Waals surface area contributed by atoms with E-state index in [1.54, 1.807) is 0 Å². The predicted octanol–water partition coefficient (Wildman–Crippen LogP) is 7.48. The first-order chi connectivity index (χ1) is 19.6. The summed E-state index contributed by atoms with van der Waals surface area (Å²) in [7, 11) is 1.40. The van der Waals surface area contributed by atoms with Crippen LogP contribution in [0.5, 0.6) is 0 Å². The molecule has 40 heavy (non-hydrogen) atoms. The zero-order chi connectivity index (χ0) is 27.5. The van der Waals surface area contributed by atoms with Crippen molar-refractivity contribution in [3.05, 3.63) is 125 Å². The van der Waals surface area contributed by atoms with Crippen molar-refractivity contribution >= 4 is 16.9 Å². The number of aryl methyl sites for hydroxylation is 2. The second-order valence-corrected chi connectivity index (χ2v) is 10.5. The Balaban J connectivity index is 1.61. The maximum absolute atomic E-state index is 14.0. The summed E-state index contributed by atoms with van der Waals surface area (Å²) in [6.45, 7) is 1.91. The van der Waals surface area contributed by atoms with Crippen molar-refractivity contribution in [2.45, 2.75) is 31.6 Å². The van der Waals surface area contributed by atoms with Gasteiger partial charge in [-0.05, 0) is 97.9 Å². The lowest BCUT2D eigenvalue weighted by atomic mass is 9.87. The van der Waals surface area contributed by atoms with E-state index in [0.717, 1.165) is 55.5 Å². The van der Waals surface area contributed by atoms with Crippen LogP contribution in [0.4, 0.5) is 4.39 Å². The molecule has 0 aliphatic carbocycles. The van der Waals surface area contributed by atoms with Crippen molar-refractivity contribution in [3.63, 3.8) is 0 Å². The van der Waals surface area contributed by atoms with Gasteiger partial charge in [0, 0.05) is 28.2 Å². The number of piperidine rings is 1. The molecule has 5 heteroatoms. The fourth-order valence-corrected chi connectivity index (χ4v) is 6.10. The number of nitrogens with zero attached hydrogens (tertiary/aromatic N) is 1. The summed E-state index contributed by atoms with van der Waals surface area (Å²) in [5.41, 5.74) is 8.72. The molecule has 0 bridgehead atoms. The number of hydrogen-bond donors (Lipinski definition) is 1. The molecule has 4 nitrogen and oxygen atoms in total. The molecular formula is C35H33FN2O2. The Morgan fingerprint density at radius 2 is 1.60 bits per heavy atom. The molecule has 1 aliphatic rings. The van der Waals surface area contributed by atoms with E-state index in [-0.39, 0.29) is 11.8 Å². The van der Waals surface area contributed by atoms with Gasteiger partial charge in [0.1, 0.15) is 5.82 Å². The third kappa shape index (κ3) is 5.05. The minimum absolute atomic E-state index is 0.245. The fourth-order valence-electron chi connectivity index (χ4n) is 6.10. The molecule has 0 radical (unpaired) electrons. The van der Waals surface area contributed by atoms with Crippen molar-refractivity contribution in [1.82, 2.24) is 9.88 Å². The van der Waals surface area contributed by atoms with E-state index in [9.17, 15) is 9.18 Å². The molecule has 1 N–H and O–H groups in total. The van der Waals surface area contributed by atoms with Crippen LogP contribution >= 0.6 is 0 Å². The predicted molar refractivity (Wildman–Crippen MR) is 159 cm³/mol. The maximum Gasteiger partial charge on any atom is 0.337 e. The Labute approximate surface area is 234 Å². The van der Waals surface area contributed by atoms with Crippen molar-refractivity contribution in [2.24, 2.45) is 0 Å². The van der Waals surface area contributed by atoms with Crippen molar-refractivity contribution < 1.29 is 13.9 Å². The van der Waals surface area contributed by atoms with Gasteiger partial charge in [0.05, 0.1) is 18.2 Å².